The lowest BCUT2D eigenvalue weighted by Gasteiger charge is -2.20. The van der Waals surface area contributed by atoms with Gasteiger partial charge < -0.3 is 9.87 Å². The largest absolute Gasteiger partial charge is 0.354 e. The monoisotopic (exact) mass is 263 g/mol. The SMILES string of the molecule is O=S(O)c1ccc2c(c1)Sc1ccccc1N2. The van der Waals surface area contributed by atoms with E-state index < -0.39 is 11.1 Å². The molecule has 2 aromatic carbocycles. The van der Waals surface area contributed by atoms with Crippen LogP contribution in [0.4, 0.5) is 11.4 Å². The maximum Gasteiger partial charge on any atom is 0.186 e. The Balaban J connectivity index is 2.06. The van der Waals surface area contributed by atoms with Crippen LogP contribution in [0, 0.1) is 0 Å². The molecule has 1 heterocycles. The van der Waals surface area contributed by atoms with E-state index in [1.165, 1.54) is 0 Å². The van der Waals surface area contributed by atoms with Crippen molar-refractivity contribution in [1.29, 1.82) is 0 Å². The van der Waals surface area contributed by atoms with Crippen LogP contribution in [0.5, 0.6) is 0 Å². The van der Waals surface area contributed by atoms with Crippen LogP contribution in [0.2, 0.25) is 0 Å². The van der Waals surface area contributed by atoms with Crippen molar-refractivity contribution in [1.82, 2.24) is 0 Å². The first-order valence-electron chi connectivity index (χ1n) is 5.03. The molecular weight excluding hydrogens is 254 g/mol. The zero-order valence-corrected chi connectivity index (χ0v) is 10.3. The minimum Gasteiger partial charge on any atom is -0.354 e. The van der Waals surface area contributed by atoms with Crippen LogP contribution in [-0.2, 0) is 11.1 Å². The summed E-state index contributed by atoms with van der Waals surface area (Å²) in [5, 5.41) is 3.31. The number of hydrogen-bond donors (Lipinski definition) is 2. The molecule has 0 aliphatic carbocycles. The molecule has 0 bridgehead atoms. The summed E-state index contributed by atoms with van der Waals surface area (Å²) < 4.78 is 20.1. The fourth-order valence-electron chi connectivity index (χ4n) is 1.72. The molecule has 2 aromatic rings. The van der Waals surface area contributed by atoms with E-state index in [0.29, 0.717) is 4.90 Å². The number of fused-ring (bicyclic) bond motifs is 2. The molecule has 0 fully saturated rings. The second-order valence-corrected chi connectivity index (χ2v) is 5.68. The summed E-state index contributed by atoms with van der Waals surface area (Å²) in [5.74, 6) is 0. The van der Waals surface area contributed by atoms with Gasteiger partial charge in [0.05, 0.1) is 16.3 Å². The van der Waals surface area contributed by atoms with E-state index in [-0.39, 0.29) is 0 Å². The highest BCUT2D eigenvalue weighted by atomic mass is 32.2. The quantitative estimate of drug-likeness (QED) is 0.660. The van der Waals surface area contributed by atoms with Gasteiger partial charge >= 0.3 is 0 Å². The molecule has 3 rings (SSSR count). The lowest BCUT2D eigenvalue weighted by atomic mass is 10.2. The van der Waals surface area contributed by atoms with Crippen LogP contribution in [-0.4, -0.2) is 8.76 Å². The van der Waals surface area contributed by atoms with E-state index in [2.05, 4.69) is 5.32 Å². The number of para-hydroxylation sites is 1. The minimum atomic E-state index is -1.93. The lowest BCUT2D eigenvalue weighted by molar-refractivity contribution is 0.564. The van der Waals surface area contributed by atoms with Gasteiger partial charge in [0.25, 0.3) is 0 Å². The third kappa shape index (κ3) is 1.97. The first-order chi connectivity index (χ1) is 8.24. The van der Waals surface area contributed by atoms with E-state index in [1.54, 1.807) is 23.9 Å². The van der Waals surface area contributed by atoms with Crippen LogP contribution in [0.25, 0.3) is 0 Å². The number of benzene rings is 2. The Morgan fingerprint density at radius 3 is 2.65 bits per heavy atom. The number of rotatable bonds is 1. The van der Waals surface area contributed by atoms with Crippen LogP contribution in [0.1, 0.15) is 0 Å². The molecule has 0 saturated heterocycles. The number of nitrogens with one attached hydrogen (secondary N) is 1. The van der Waals surface area contributed by atoms with Crippen molar-refractivity contribution in [2.45, 2.75) is 14.7 Å². The molecule has 1 aliphatic heterocycles. The molecule has 2 N–H and O–H groups in total. The van der Waals surface area contributed by atoms with Gasteiger partial charge in [0.2, 0.25) is 0 Å². The summed E-state index contributed by atoms with van der Waals surface area (Å²) in [7, 11) is 0. The third-order valence-corrected chi connectivity index (χ3v) is 4.32. The minimum absolute atomic E-state index is 0.428. The molecule has 1 unspecified atom stereocenters. The van der Waals surface area contributed by atoms with Crippen molar-refractivity contribution in [2.75, 3.05) is 5.32 Å². The molecule has 5 heteroatoms. The van der Waals surface area contributed by atoms with Crippen LogP contribution < -0.4 is 5.32 Å². The van der Waals surface area contributed by atoms with Crippen molar-refractivity contribution in [3.05, 3.63) is 42.5 Å². The molecule has 0 amide bonds. The molecule has 1 atom stereocenters. The van der Waals surface area contributed by atoms with E-state index >= 15 is 0 Å². The summed E-state index contributed by atoms with van der Waals surface area (Å²) >= 11 is -0.320. The summed E-state index contributed by atoms with van der Waals surface area (Å²) in [6, 6.07) is 13.3. The second kappa shape index (κ2) is 4.18. The number of anilines is 2. The van der Waals surface area contributed by atoms with E-state index in [0.717, 1.165) is 21.2 Å². The number of hydrogen-bond acceptors (Lipinski definition) is 3. The first-order valence-corrected chi connectivity index (χ1v) is 6.95. The van der Waals surface area contributed by atoms with Gasteiger partial charge in [-0.3, -0.25) is 0 Å². The van der Waals surface area contributed by atoms with Gasteiger partial charge in [-0.05, 0) is 30.3 Å². The van der Waals surface area contributed by atoms with Crippen molar-refractivity contribution < 1.29 is 8.76 Å². The lowest BCUT2D eigenvalue weighted by Crippen LogP contribution is -2.00. The predicted molar refractivity (Wildman–Crippen MR) is 69.3 cm³/mol. The van der Waals surface area contributed by atoms with Crippen LogP contribution in [0.3, 0.4) is 0 Å². The maximum absolute atomic E-state index is 11.0. The van der Waals surface area contributed by atoms with Crippen molar-refractivity contribution >= 4 is 34.2 Å². The van der Waals surface area contributed by atoms with E-state index in [4.69, 9.17) is 4.55 Å². The average Bonchev–Trinajstić information content (AvgIpc) is 2.35. The summed E-state index contributed by atoms with van der Waals surface area (Å²) in [5.41, 5.74) is 2.05. The Labute approximate surface area is 106 Å². The second-order valence-electron chi connectivity index (χ2n) is 3.63. The highest BCUT2D eigenvalue weighted by Crippen LogP contribution is 2.44. The Hall–Kier alpha value is -1.30. The van der Waals surface area contributed by atoms with Crippen molar-refractivity contribution in [3.63, 3.8) is 0 Å². The third-order valence-electron chi connectivity index (χ3n) is 2.53. The highest BCUT2D eigenvalue weighted by molar-refractivity contribution is 7.99. The Kier molecular flexibility index (Phi) is 2.66. The Morgan fingerprint density at radius 2 is 1.82 bits per heavy atom. The topological polar surface area (TPSA) is 49.3 Å². The van der Waals surface area contributed by atoms with Gasteiger partial charge in [0.1, 0.15) is 0 Å². The Bertz CT molecular complexity index is 613. The molecule has 0 spiro atoms. The van der Waals surface area contributed by atoms with Gasteiger partial charge in [-0.1, -0.05) is 23.9 Å². The molecule has 0 radical (unpaired) electrons. The van der Waals surface area contributed by atoms with Crippen LogP contribution >= 0.6 is 11.8 Å². The van der Waals surface area contributed by atoms with Crippen LogP contribution in [0.15, 0.2) is 57.2 Å². The molecule has 1 aliphatic rings. The van der Waals surface area contributed by atoms with Gasteiger partial charge in [0.15, 0.2) is 11.1 Å². The molecule has 0 aromatic heterocycles. The van der Waals surface area contributed by atoms with Crippen molar-refractivity contribution in [3.8, 4) is 0 Å². The van der Waals surface area contributed by atoms with Crippen molar-refractivity contribution in [2.24, 2.45) is 0 Å². The van der Waals surface area contributed by atoms with E-state index in [1.807, 2.05) is 30.3 Å². The Morgan fingerprint density at radius 1 is 1.06 bits per heavy atom. The normalized spacial score (nSPS) is 14.4. The smallest absolute Gasteiger partial charge is 0.186 e. The van der Waals surface area contributed by atoms with E-state index in [9.17, 15) is 4.21 Å². The highest BCUT2D eigenvalue weighted by Gasteiger charge is 2.16. The van der Waals surface area contributed by atoms with Gasteiger partial charge in [-0.25, -0.2) is 4.21 Å². The molecule has 17 heavy (non-hydrogen) atoms. The molecule has 0 saturated carbocycles. The zero-order valence-electron chi connectivity index (χ0n) is 8.71. The standard InChI is InChI=1S/C12H9NO2S2/c14-17(15)8-5-6-10-12(7-8)16-11-4-2-1-3-9(11)13-10/h1-7,13H,(H,14,15). The molecule has 86 valence electrons. The molecular formula is C12H9NO2S2. The van der Waals surface area contributed by atoms with Gasteiger partial charge in [0, 0.05) is 9.79 Å². The summed E-state index contributed by atoms with van der Waals surface area (Å²) in [4.78, 5) is 2.53. The van der Waals surface area contributed by atoms with Gasteiger partial charge in [-0.2, -0.15) is 0 Å². The average molecular weight is 263 g/mol. The summed E-state index contributed by atoms with van der Waals surface area (Å²) in [6.07, 6.45) is 0. The zero-order chi connectivity index (χ0) is 11.8. The summed E-state index contributed by atoms with van der Waals surface area (Å²) in [6.45, 7) is 0. The predicted octanol–water partition coefficient (Wildman–Crippen LogP) is 3.48. The first kappa shape index (κ1) is 10.8. The fourth-order valence-corrected chi connectivity index (χ4v) is 3.23. The fraction of sp³-hybridized carbons (Fsp3) is 0. The molecule has 3 nitrogen and oxygen atoms in total. The maximum atomic E-state index is 11.0. The van der Waals surface area contributed by atoms with Gasteiger partial charge in [-0.15, -0.1) is 0 Å².